The first-order valence-corrected chi connectivity index (χ1v) is 11.4. The summed E-state index contributed by atoms with van der Waals surface area (Å²) in [6, 6.07) is 9.76. The van der Waals surface area contributed by atoms with Crippen molar-refractivity contribution in [2.45, 2.75) is 11.3 Å². The number of benzene rings is 2. The van der Waals surface area contributed by atoms with Crippen molar-refractivity contribution in [3.63, 3.8) is 0 Å². The normalized spacial score (nSPS) is 14.3. The first kappa shape index (κ1) is 23.6. The Morgan fingerprint density at radius 3 is 2.34 bits per heavy atom. The van der Waals surface area contributed by atoms with Gasteiger partial charge in [-0.15, -0.1) is 0 Å². The number of morpholine rings is 1. The Labute approximate surface area is 186 Å². The number of hydrogen-bond donors (Lipinski definition) is 2. The third kappa shape index (κ3) is 5.61. The van der Waals surface area contributed by atoms with E-state index >= 15 is 0 Å². The van der Waals surface area contributed by atoms with E-state index in [1.54, 1.807) is 6.07 Å². The van der Waals surface area contributed by atoms with E-state index in [9.17, 15) is 22.4 Å². The number of carbonyl (C=O) groups excluding carboxylic acids is 2. The number of amides is 2. The van der Waals surface area contributed by atoms with Crippen LogP contribution in [0.25, 0.3) is 0 Å². The Kier molecular flexibility index (Phi) is 7.44. The highest BCUT2D eigenvalue weighted by Crippen LogP contribution is 2.26. The maximum Gasteiger partial charge on any atom is 0.271 e. The van der Waals surface area contributed by atoms with E-state index in [4.69, 9.17) is 4.74 Å². The molecule has 172 valence electrons. The van der Waals surface area contributed by atoms with Crippen molar-refractivity contribution in [2.75, 3.05) is 45.3 Å². The quantitative estimate of drug-likeness (QED) is 0.616. The van der Waals surface area contributed by atoms with Gasteiger partial charge in [-0.05, 0) is 35.9 Å². The number of hydrazine groups is 1. The van der Waals surface area contributed by atoms with E-state index in [1.165, 1.54) is 50.5 Å². The highest BCUT2D eigenvalue weighted by molar-refractivity contribution is 7.89. The molecule has 3 rings (SSSR count). The summed E-state index contributed by atoms with van der Waals surface area (Å²) < 4.78 is 44.5. The number of hydrogen-bond acceptors (Lipinski definition) is 6. The number of anilines is 1. The molecule has 0 spiro atoms. The van der Waals surface area contributed by atoms with Crippen molar-refractivity contribution in [3.8, 4) is 0 Å². The summed E-state index contributed by atoms with van der Waals surface area (Å²) in [5.74, 6) is -1.57. The highest BCUT2D eigenvalue weighted by Gasteiger charge is 2.24. The van der Waals surface area contributed by atoms with Crippen LogP contribution in [-0.2, 0) is 26.0 Å². The molecule has 0 unspecified atom stereocenters. The van der Waals surface area contributed by atoms with Gasteiger partial charge >= 0.3 is 0 Å². The summed E-state index contributed by atoms with van der Waals surface area (Å²) in [5, 5.41) is 0. The Bertz CT molecular complexity index is 1080. The minimum Gasteiger partial charge on any atom is -0.378 e. The van der Waals surface area contributed by atoms with Crippen molar-refractivity contribution in [1.29, 1.82) is 0 Å². The number of carbonyl (C=O) groups is 2. The highest BCUT2D eigenvalue weighted by atomic mass is 32.2. The lowest BCUT2D eigenvalue weighted by atomic mass is 10.1. The lowest BCUT2D eigenvalue weighted by Crippen LogP contribution is -2.43. The van der Waals surface area contributed by atoms with Crippen LogP contribution in [0, 0.1) is 5.82 Å². The van der Waals surface area contributed by atoms with Crippen LogP contribution in [-0.4, -0.2) is 64.9 Å². The smallest absolute Gasteiger partial charge is 0.271 e. The molecule has 2 aromatic carbocycles. The van der Waals surface area contributed by atoms with Gasteiger partial charge in [-0.2, -0.15) is 0 Å². The second-order valence-corrected chi connectivity index (χ2v) is 9.52. The van der Waals surface area contributed by atoms with E-state index in [1.807, 2.05) is 4.90 Å². The molecule has 0 aliphatic carbocycles. The summed E-state index contributed by atoms with van der Waals surface area (Å²) >= 11 is 0. The van der Waals surface area contributed by atoms with Crippen LogP contribution >= 0.6 is 0 Å². The Balaban J connectivity index is 1.80. The van der Waals surface area contributed by atoms with Crippen LogP contribution in [0.2, 0.25) is 0 Å². The molecule has 32 heavy (non-hydrogen) atoms. The maximum atomic E-state index is 13.0. The van der Waals surface area contributed by atoms with Crippen molar-refractivity contribution in [1.82, 2.24) is 15.2 Å². The van der Waals surface area contributed by atoms with Gasteiger partial charge in [0.05, 0.1) is 30.1 Å². The molecule has 0 bridgehead atoms. The van der Waals surface area contributed by atoms with Crippen LogP contribution in [0.15, 0.2) is 47.4 Å². The molecule has 2 N–H and O–H groups in total. The number of halogens is 1. The Morgan fingerprint density at radius 2 is 1.72 bits per heavy atom. The first-order chi connectivity index (χ1) is 15.2. The standard InChI is InChI=1S/C21H25FN4O5S/c1-25(2)32(29,30)17-7-8-19(26-9-11-31-12-10-26)18(14-17)21(28)24-23-20(27)13-15-3-5-16(22)6-4-15/h3-8,14H,9-13H2,1-2H3,(H,23,27)(H,24,28). The monoisotopic (exact) mass is 464 g/mol. The predicted octanol–water partition coefficient (Wildman–Crippen LogP) is 0.916. The SMILES string of the molecule is CN(C)S(=O)(=O)c1ccc(N2CCOCC2)c(C(=O)NNC(=O)Cc2ccc(F)cc2)c1. The molecule has 1 aliphatic rings. The summed E-state index contributed by atoms with van der Waals surface area (Å²) in [6.07, 6.45) is -0.0636. The van der Waals surface area contributed by atoms with Crippen LogP contribution in [0.1, 0.15) is 15.9 Å². The molecule has 0 aromatic heterocycles. The Hall–Kier alpha value is -3.02. The van der Waals surface area contributed by atoms with Gasteiger partial charge in [0.25, 0.3) is 5.91 Å². The zero-order valence-corrected chi connectivity index (χ0v) is 18.6. The lowest BCUT2D eigenvalue weighted by Gasteiger charge is -2.30. The number of nitrogens with zero attached hydrogens (tertiary/aromatic N) is 2. The molecule has 9 nitrogen and oxygen atoms in total. The van der Waals surface area contributed by atoms with Crippen molar-refractivity contribution >= 4 is 27.5 Å². The average Bonchev–Trinajstić information content (AvgIpc) is 2.79. The summed E-state index contributed by atoms with van der Waals surface area (Å²) in [4.78, 5) is 27.0. The molecule has 0 radical (unpaired) electrons. The largest absolute Gasteiger partial charge is 0.378 e. The number of nitrogens with one attached hydrogen (secondary N) is 2. The van der Waals surface area contributed by atoms with Gasteiger partial charge in [-0.1, -0.05) is 12.1 Å². The molecule has 0 atom stereocenters. The van der Waals surface area contributed by atoms with Gasteiger partial charge in [0.15, 0.2) is 0 Å². The molecule has 1 saturated heterocycles. The second kappa shape index (κ2) is 10.1. The van der Waals surface area contributed by atoms with Crippen LogP contribution in [0.5, 0.6) is 0 Å². The van der Waals surface area contributed by atoms with E-state index in [0.29, 0.717) is 37.6 Å². The third-order valence-corrected chi connectivity index (χ3v) is 6.75. The van der Waals surface area contributed by atoms with E-state index in [-0.39, 0.29) is 16.9 Å². The van der Waals surface area contributed by atoms with Gasteiger partial charge in [0.1, 0.15) is 5.82 Å². The van der Waals surface area contributed by atoms with Gasteiger partial charge in [0, 0.05) is 32.9 Å². The number of ether oxygens (including phenoxy) is 1. The van der Waals surface area contributed by atoms with E-state index in [2.05, 4.69) is 10.9 Å². The maximum absolute atomic E-state index is 13.0. The van der Waals surface area contributed by atoms with Crippen molar-refractivity contribution in [2.24, 2.45) is 0 Å². The Morgan fingerprint density at radius 1 is 1.06 bits per heavy atom. The second-order valence-electron chi connectivity index (χ2n) is 7.37. The van der Waals surface area contributed by atoms with Crippen molar-refractivity contribution in [3.05, 3.63) is 59.4 Å². The first-order valence-electron chi connectivity index (χ1n) is 9.91. The van der Waals surface area contributed by atoms with Crippen LogP contribution in [0.3, 0.4) is 0 Å². The number of sulfonamides is 1. The van der Waals surface area contributed by atoms with Crippen LogP contribution < -0.4 is 15.8 Å². The number of rotatable bonds is 6. The summed E-state index contributed by atoms with van der Waals surface area (Å²) in [7, 11) is -0.957. The van der Waals surface area contributed by atoms with Gasteiger partial charge in [-0.3, -0.25) is 20.4 Å². The van der Waals surface area contributed by atoms with E-state index in [0.717, 1.165) is 4.31 Å². The third-order valence-electron chi connectivity index (χ3n) is 4.94. The lowest BCUT2D eigenvalue weighted by molar-refractivity contribution is -0.121. The zero-order chi connectivity index (χ0) is 23.3. The van der Waals surface area contributed by atoms with Gasteiger partial charge < -0.3 is 9.64 Å². The minimum absolute atomic E-state index is 0.0395. The summed E-state index contributed by atoms with van der Waals surface area (Å²) in [6.45, 7) is 2.04. The fraction of sp³-hybridized carbons (Fsp3) is 0.333. The van der Waals surface area contributed by atoms with E-state index < -0.39 is 27.7 Å². The average molecular weight is 465 g/mol. The van der Waals surface area contributed by atoms with Crippen molar-refractivity contribution < 1.29 is 27.1 Å². The molecular formula is C21H25FN4O5S. The predicted molar refractivity (Wildman–Crippen MR) is 116 cm³/mol. The summed E-state index contributed by atoms with van der Waals surface area (Å²) in [5.41, 5.74) is 5.88. The molecule has 2 aromatic rings. The zero-order valence-electron chi connectivity index (χ0n) is 17.8. The molecule has 0 saturated carbocycles. The fourth-order valence-electron chi connectivity index (χ4n) is 3.17. The fourth-order valence-corrected chi connectivity index (χ4v) is 4.10. The molecule has 1 fully saturated rings. The van der Waals surface area contributed by atoms with Gasteiger partial charge in [-0.25, -0.2) is 17.1 Å². The molecular weight excluding hydrogens is 439 g/mol. The molecule has 11 heteroatoms. The molecule has 2 amide bonds. The van der Waals surface area contributed by atoms with Crippen LogP contribution in [0.4, 0.5) is 10.1 Å². The molecule has 1 aliphatic heterocycles. The van der Waals surface area contributed by atoms with Gasteiger partial charge in [0.2, 0.25) is 15.9 Å². The topological polar surface area (TPSA) is 108 Å². The minimum atomic E-state index is -3.76. The molecule has 1 heterocycles.